The van der Waals surface area contributed by atoms with Gasteiger partial charge in [-0.05, 0) is 83.0 Å². The van der Waals surface area contributed by atoms with Crippen molar-refractivity contribution in [2.24, 2.45) is 0 Å². The summed E-state index contributed by atoms with van der Waals surface area (Å²) in [5.41, 5.74) is 7.69. The quantitative estimate of drug-likeness (QED) is 0.431. The third-order valence-electron chi connectivity index (χ3n) is 6.26. The summed E-state index contributed by atoms with van der Waals surface area (Å²) in [4.78, 5) is 0. The molecule has 0 radical (unpaired) electrons. The fraction of sp³-hybridized carbons (Fsp3) is 0.407. The Hall–Kier alpha value is -2.08. The molecule has 0 aliphatic heterocycles. The lowest BCUT2D eigenvalue weighted by Gasteiger charge is -2.26. The van der Waals surface area contributed by atoms with E-state index in [0.717, 1.165) is 0 Å². The van der Waals surface area contributed by atoms with Crippen molar-refractivity contribution < 1.29 is 0 Å². The van der Waals surface area contributed by atoms with Crippen LogP contribution in [0.3, 0.4) is 0 Å². The summed E-state index contributed by atoms with van der Waals surface area (Å²) in [6.45, 7) is 4.53. The molecule has 0 spiro atoms. The van der Waals surface area contributed by atoms with Crippen LogP contribution in [0.2, 0.25) is 0 Å². The standard InChI is InChI=1S/C27H32/c1-3-5-7-21-9-11-25-19-27(15-13-23(25)17-21)26-14-12-22-16-20(6-4-2)8-10-24(22)18-26/h8-12,14,16-18,27H,3-7,13,15,19H2,1-2H3. The van der Waals surface area contributed by atoms with Crippen LogP contribution in [0.15, 0.2) is 54.6 Å². The Labute approximate surface area is 164 Å². The Bertz CT molecular complexity index is 918. The van der Waals surface area contributed by atoms with E-state index in [1.54, 1.807) is 11.1 Å². The first-order valence-electron chi connectivity index (χ1n) is 10.9. The van der Waals surface area contributed by atoms with E-state index in [9.17, 15) is 0 Å². The lowest BCUT2D eigenvalue weighted by Crippen LogP contribution is -2.13. The zero-order valence-corrected chi connectivity index (χ0v) is 16.9. The highest BCUT2D eigenvalue weighted by molar-refractivity contribution is 5.84. The molecule has 0 heteroatoms. The van der Waals surface area contributed by atoms with E-state index in [4.69, 9.17) is 0 Å². The summed E-state index contributed by atoms with van der Waals surface area (Å²) in [7, 11) is 0. The molecule has 0 N–H and O–H groups in total. The smallest absolute Gasteiger partial charge is 0.0118 e. The van der Waals surface area contributed by atoms with Gasteiger partial charge >= 0.3 is 0 Å². The van der Waals surface area contributed by atoms with Gasteiger partial charge in [-0.1, -0.05) is 81.3 Å². The maximum absolute atomic E-state index is 2.48. The number of hydrogen-bond acceptors (Lipinski definition) is 0. The van der Waals surface area contributed by atoms with E-state index in [-0.39, 0.29) is 0 Å². The van der Waals surface area contributed by atoms with E-state index in [0.29, 0.717) is 5.92 Å². The van der Waals surface area contributed by atoms with Crippen molar-refractivity contribution in [1.82, 2.24) is 0 Å². The zero-order valence-electron chi connectivity index (χ0n) is 16.9. The zero-order chi connectivity index (χ0) is 18.6. The number of unbranched alkanes of at least 4 members (excludes halogenated alkanes) is 1. The van der Waals surface area contributed by atoms with E-state index in [1.807, 2.05) is 0 Å². The van der Waals surface area contributed by atoms with Gasteiger partial charge in [0.05, 0.1) is 0 Å². The minimum Gasteiger partial charge on any atom is -0.0654 e. The molecule has 4 rings (SSSR count). The van der Waals surface area contributed by atoms with Gasteiger partial charge in [0.2, 0.25) is 0 Å². The monoisotopic (exact) mass is 356 g/mol. The Morgan fingerprint density at radius 1 is 0.741 bits per heavy atom. The number of rotatable bonds is 6. The topological polar surface area (TPSA) is 0 Å². The Morgan fingerprint density at radius 2 is 1.52 bits per heavy atom. The van der Waals surface area contributed by atoms with Crippen LogP contribution >= 0.6 is 0 Å². The Balaban J connectivity index is 1.53. The van der Waals surface area contributed by atoms with Crippen molar-refractivity contribution in [3.8, 4) is 0 Å². The fourth-order valence-corrected chi connectivity index (χ4v) is 4.64. The largest absolute Gasteiger partial charge is 0.0654 e. The molecule has 0 nitrogen and oxygen atoms in total. The van der Waals surface area contributed by atoms with Crippen molar-refractivity contribution in [3.05, 3.63) is 82.4 Å². The van der Waals surface area contributed by atoms with Crippen molar-refractivity contribution >= 4 is 10.8 Å². The van der Waals surface area contributed by atoms with Crippen LogP contribution in [-0.2, 0) is 25.7 Å². The van der Waals surface area contributed by atoms with Gasteiger partial charge in [-0.3, -0.25) is 0 Å². The van der Waals surface area contributed by atoms with Crippen LogP contribution in [0.5, 0.6) is 0 Å². The second-order valence-electron chi connectivity index (χ2n) is 8.34. The molecule has 0 bridgehead atoms. The molecule has 1 atom stereocenters. The van der Waals surface area contributed by atoms with Gasteiger partial charge in [0.25, 0.3) is 0 Å². The van der Waals surface area contributed by atoms with Gasteiger partial charge in [0, 0.05) is 0 Å². The highest BCUT2D eigenvalue weighted by atomic mass is 14.2. The second kappa shape index (κ2) is 8.30. The molecular weight excluding hydrogens is 324 g/mol. The summed E-state index contributed by atoms with van der Waals surface area (Å²) in [6, 6.07) is 21.4. The number of aryl methyl sites for hydroxylation is 3. The molecule has 0 heterocycles. The predicted molar refractivity (Wildman–Crippen MR) is 118 cm³/mol. The summed E-state index contributed by atoms with van der Waals surface area (Å²) in [5.74, 6) is 0.665. The summed E-state index contributed by atoms with van der Waals surface area (Å²) >= 11 is 0. The third-order valence-corrected chi connectivity index (χ3v) is 6.26. The van der Waals surface area contributed by atoms with Crippen molar-refractivity contribution in [3.63, 3.8) is 0 Å². The minimum absolute atomic E-state index is 0.665. The van der Waals surface area contributed by atoms with Gasteiger partial charge in [0.1, 0.15) is 0 Å². The van der Waals surface area contributed by atoms with Crippen LogP contribution in [-0.4, -0.2) is 0 Å². The van der Waals surface area contributed by atoms with E-state index in [1.165, 1.54) is 78.8 Å². The van der Waals surface area contributed by atoms with Crippen LogP contribution < -0.4 is 0 Å². The molecule has 27 heavy (non-hydrogen) atoms. The highest BCUT2D eigenvalue weighted by Crippen LogP contribution is 2.34. The normalized spacial score (nSPS) is 16.4. The average Bonchev–Trinajstić information content (AvgIpc) is 2.71. The summed E-state index contributed by atoms with van der Waals surface area (Å²) in [6.07, 6.45) is 9.92. The number of fused-ring (bicyclic) bond motifs is 2. The third kappa shape index (κ3) is 4.10. The molecule has 0 fully saturated rings. The van der Waals surface area contributed by atoms with Crippen LogP contribution in [0, 0.1) is 0 Å². The van der Waals surface area contributed by atoms with Crippen molar-refractivity contribution in [2.45, 2.75) is 71.1 Å². The van der Waals surface area contributed by atoms with E-state index in [2.05, 4.69) is 68.4 Å². The summed E-state index contributed by atoms with van der Waals surface area (Å²) in [5, 5.41) is 2.79. The van der Waals surface area contributed by atoms with Crippen LogP contribution in [0.1, 0.15) is 73.3 Å². The molecule has 0 saturated heterocycles. The fourth-order valence-electron chi connectivity index (χ4n) is 4.64. The molecule has 1 unspecified atom stereocenters. The molecule has 0 saturated carbocycles. The molecule has 1 aliphatic carbocycles. The Kier molecular flexibility index (Phi) is 5.62. The first-order valence-corrected chi connectivity index (χ1v) is 10.9. The van der Waals surface area contributed by atoms with Gasteiger partial charge in [0.15, 0.2) is 0 Å². The first-order chi connectivity index (χ1) is 13.3. The van der Waals surface area contributed by atoms with Gasteiger partial charge in [-0.25, -0.2) is 0 Å². The van der Waals surface area contributed by atoms with Crippen molar-refractivity contribution in [2.75, 3.05) is 0 Å². The average molecular weight is 357 g/mol. The van der Waals surface area contributed by atoms with Gasteiger partial charge in [-0.2, -0.15) is 0 Å². The van der Waals surface area contributed by atoms with Crippen LogP contribution in [0.25, 0.3) is 10.8 Å². The SMILES string of the molecule is CCCCc1ccc2c(c1)CCC(c1ccc3cc(CCC)ccc3c1)C2. The molecule has 3 aromatic carbocycles. The lowest BCUT2D eigenvalue weighted by atomic mass is 9.79. The number of benzene rings is 3. The minimum atomic E-state index is 0.665. The molecule has 0 aromatic heterocycles. The van der Waals surface area contributed by atoms with Crippen molar-refractivity contribution in [1.29, 1.82) is 0 Å². The molecule has 0 amide bonds. The number of hydrogen-bond donors (Lipinski definition) is 0. The molecule has 140 valence electrons. The predicted octanol–water partition coefficient (Wildman–Crippen LogP) is 7.41. The maximum atomic E-state index is 2.48. The first kappa shape index (κ1) is 18.3. The molecule has 3 aromatic rings. The molecular formula is C27H32. The lowest BCUT2D eigenvalue weighted by molar-refractivity contribution is 0.584. The second-order valence-corrected chi connectivity index (χ2v) is 8.34. The van der Waals surface area contributed by atoms with Gasteiger partial charge < -0.3 is 0 Å². The molecule has 1 aliphatic rings. The van der Waals surface area contributed by atoms with E-state index < -0.39 is 0 Å². The van der Waals surface area contributed by atoms with Gasteiger partial charge in [-0.15, -0.1) is 0 Å². The van der Waals surface area contributed by atoms with Crippen LogP contribution in [0.4, 0.5) is 0 Å². The maximum Gasteiger partial charge on any atom is -0.0118 e. The Morgan fingerprint density at radius 3 is 2.37 bits per heavy atom. The summed E-state index contributed by atoms with van der Waals surface area (Å²) < 4.78 is 0. The van der Waals surface area contributed by atoms with E-state index >= 15 is 0 Å². The highest BCUT2D eigenvalue weighted by Gasteiger charge is 2.20.